The Labute approximate surface area is 168 Å². The van der Waals surface area contributed by atoms with Crippen LogP contribution in [0.15, 0.2) is 67.0 Å². The highest BCUT2D eigenvalue weighted by atomic mass is 15.4. The van der Waals surface area contributed by atoms with Crippen molar-refractivity contribution in [2.75, 3.05) is 11.9 Å². The van der Waals surface area contributed by atoms with E-state index in [1.165, 1.54) is 16.8 Å². The average Bonchev–Trinajstić information content (AvgIpc) is 3.28. The van der Waals surface area contributed by atoms with Gasteiger partial charge in [-0.15, -0.1) is 10.2 Å². The predicted octanol–water partition coefficient (Wildman–Crippen LogP) is 3.43. The largest absolute Gasteiger partial charge is 0.351 e. The summed E-state index contributed by atoms with van der Waals surface area (Å²) >= 11 is 0. The summed E-state index contributed by atoms with van der Waals surface area (Å²) < 4.78 is 1.79. The molecule has 0 radical (unpaired) electrons. The van der Waals surface area contributed by atoms with E-state index in [1.54, 1.807) is 10.7 Å². The first-order valence-corrected chi connectivity index (χ1v) is 9.49. The Kier molecular flexibility index (Phi) is 3.98. The van der Waals surface area contributed by atoms with Gasteiger partial charge in [0, 0.05) is 35.9 Å². The van der Waals surface area contributed by atoms with Crippen LogP contribution in [0.2, 0.25) is 0 Å². The molecule has 0 saturated heterocycles. The number of aryl methyl sites for hydroxylation is 1. The van der Waals surface area contributed by atoms with Gasteiger partial charge in [-0.1, -0.05) is 30.3 Å². The van der Waals surface area contributed by atoms with E-state index in [4.69, 9.17) is 5.10 Å². The SMILES string of the molecule is C/C(C=C1C=CN(C)c2ccccc21)=c1/c(C)nn2c(-c3ccccn3)nnc12. The van der Waals surface area contributed by atoms with Gasteiger partial charge in [0.05, 0.1) is 5.69 Å². The summed E-state index contributed by atoms with van der Waals surface area (Å²) in [5.41, 5.74) is 7.10. The van der Waals surface area contributed by atoms with Crippen LogP contribution in [-0.4, -0.2) is 31.8 Å². The first-order valence-electron chi connectivity index (χ1n) is 9.49. The Bertz CT molecular complexity index is 1330. The molecule has 1 aliphatic heterocycles. The number of anilines is 1. The summed E-state index contributed by atoms with van der Waals surface area (Å²) in [6.45, 7) is 4.10. The Morgan fingerprint density at radius 1 is 1.03 bits per heavy atom. The lowest BCUT2D eigenvalue weighted by Gasteiger charge is -2.23. The molecule has 0 atom stereocenters. The van der Waals surface area contributed by atoms with E-state index < -0.39 is 0 Å². The fourth-order valence-corrected chi connectivity index (χ4v) is 3.83. The number of nitrogens with zero attached hydrogens (tertiary/aromatic N) is 6. The van der Waals surface area contributed by atoms with Gasteiger partial charge >= 0.3 is 0 Å². The molecule has 3 aromatic heterocycles. The molecular formula is C23H20N6. The van der Waals surface area contributed by atoms with Gasteiger partial charge in [0.1, 0.15) is 5.69 Å². The van der Waals surface area contributed by atoms with E-state index in [2.05, 4.69) is 76.7 Å². The summed E-state index contributed by atoms with van der Waals surface area (Å²) in [7, 11) is 2.06. The summed E-state index contributed by atoms with van der Waals surface area (Å²) in [4.78, 5) is 6.52. The van der Waals surface area contributed by atoms with Crippen LogP contribution in [-0.2, 0) is 0 Å². The maximum Gasteiger partial charge on any atom is 0.203 e. The minimum atomic E-state index is 0.653. The second kappa shape index (κ2) is 6.67. The normalized spacial score (nSPS) is 15.8. The third kappa shape index (κ3) is 2.81. The van der Waals surface area contributed by atoms with Gasteiger partial charge in [0.2, 0.25) is 5.82 Å². The lowest BCUT2D eigenvalue weighted by atomic mass is 9.98. The molecule has 1 aromatic carbocycles. The number of para-hydroxylation sites is 1. The maximum atomic E-state index is 4.70. The maximum absolute atomic E-state index is 4.70. The van der Waals surface area contributed by atoms with Crippen LogP contribution < -0.4 is 10.1 Å². The minimum absolute atomic E-state index is 0.653. The van der Waals surface area contributed by atoms with Crippen molar-refractivity contribution < 1.29 is 0 Å². The van der Waals surface area contributed by atoms with Gasteiger partial charge in [-0.05, 0) is 49.3 Å². The number of benzene rings is 1. The van der Waals surface area contributed by atoms with E-state index in [9.17, 15) is 0 Å². The minimum Gasteiger partial charge on any atom is -0.351 e. The van der Waals surface area contributed by atoms with Crippen molar-refractivity contribution in [3.8, 4) is 11.5 Å². The topological polar surface area (TPSA) is 59.2 Å². The molecule has 0 spiro atoms. The van der Waals surface area contributed by atoms with Gasteiger partial charge in [0.15, 0.2) is 5.65 Å². The second-order valence-electron chi connectivity index (χ2n) is 7.16. The predicted molar refractivity (Wildman–Crippen MR) is 115 cm³/mol. The Hall–Kier alpha value is -3.80. The van der Waals surface area contributed by atoms with Gasteiger partial charge < -0.3 is 4.90 Å². The van der Waals surface area contributed by atoms with Crippen molar-refractivity contribution in [1.29, 1.82) is 0 Å². The zero-order valence-electron chi connectivity index (χ0n) is 16.5. The summed E-state index contributed by atoms with van der Waals surface area (Å²) in [6, 6.07) is 14.1. The molecule has 4 aromatic rings. The summed E-state index contributed by atoms with van der Waals surface area (Å²) in [5.74, 6) is 0.653. The fraction of sp³-hybridized carbons (Fsp3) is 0.130. The number of fused-ring (bicyclic) bond motifs is 2. The Morgan fingerprint density at radius 3 is 2.69 bits per heavy atom. The van der Waals surface area contributed by atoms with E-state index in [0.717, 1.165) is 27.8 Å². The number of allylic oxidation sites excluding steroid dienone is 3. The molecular weight excluding hydrogens is 360 g/mol. The molecule has 6 nitrogen and oxygen atoms in total. The van der Waals surface area contributed by atoms with E-state index in [1.807, 2.05) is 25.1 Å². The summed E-state index contributed by atoms with van der Waals surface area (Å²) in [5, 5.41) is 14.5. The third-order valence-corrected chi connectivity index (χ3v) is 5.21. The first kappa shape index (κ1) is 17.3. The Morgan fingerprint density at radius 2 is 1.86 bits per heavy atom. The van der Waals surface area contributed by atoms with Gasteiger partial charge in [0.25, 0.3) is 0 Å². The van der Waals surface area contributed by atoms with Crippen LogP contribution >= 0.6 is 0 Å². The van der Waals surface area contributed by atoms with E-state index in [0.29, 0.717) is 5.82 Å². The highest BCUT2D eigenvalue weighted by Crippen LogP contribution is 2.32. The Balaban J connectivity index is 1.69. The second-order valence-corrected chi connectivity index (χ2v) is 7.16. The van der Waals surface area contributed by atoms with Crippen LogP contribution in [0, 0.1) is 6.92 Å². The fourth-order valence-electron chi connectivity index (χ4n) is 3.83. The highest BCUT2D eigenvalue weighted by molar-refractivity contribution is 5.90. The number of hydrogen-bond donors (Lipinski definition) is 0. The third-order valence-electron chi connectivity index (χ3n) is 5.21. The van der Waals surface area contributed by atoms with Gasteiger partial charge in [-0.2, -0.15) is 9.61 Å². The van der Waals surface area contributed by atoms with Gasteiger partial charge in [-0.25, -0.2) is 0 Å². The van der Waals surface area contributed by atoms with E-state index in [-0.39, 0.29) is 0 Å². The quantitative estimate of drug-likeness (QED) is 0.533. The average molecular weight is 380 g/mol. The van der Waals surface area contributed by atoms with Crippen LogP contribution in [0.1, 0.15) is 18.2 Å². The van der Waals surface area contributed by atoms with Crippen molar-refractivity contribution in [3.05, 3.63) is 83.5 Å². The molecule has 0 fully saturated rings. The van der Waals surface area contributed by atoms with Crippen molar-refractivity contribution in [2.24, 2.45) is 0 Å². The smallest absolute Gasteiger partial charge is 0.203 e. The molecule has 1 aliphatic rings. The molecule has 5 rings (SSSR count). The van der Waals surface area contributed by atoms with Crippen molar-refractivity contribution >= 4 is 22.5 Å². The number of rotatable bonds is 2. The first-order chi connectivity index (χ1) is 14.1. The summed E-state index contributed by atoms with van der Waals surface area (Å²) in [6.07, 6.45) is 8.17. The molecule has 6 heteroatoms. The number of hydrogen-bond acceptors (Lipinski definition) is 5. The molecule has 0 N–H and O–H groups in total. The zero-order valence-corrected chi connectivity index (χ0v) is 16.5. The standard InChI is InChI=1S/C23H20N6/c1-15(14-17-11-13-28(3)20-10-5-4-8-18(17)20)21-16(2)27-29-22(25-26-23(21)29)19-9-6-7-12-24-19/h4-14H,1-3H3/b17-14?,21-15+. The molecule has 0 saturated carbocycles. The highest BCUT2D eigenvalue weighted by Gasteiger charge is 2.17. The van der Waals surface area contributed by atoms with Crippen LogP contribution in [0.4, 0.5) is 5.69 Å². The number of aromatic nitrogens is 5. The lowest BCUT2D eigenvalue weighted by molar-refractivity contribution is 0.930. The zero-order chi connectivity index (χ0) is 20.0. The van der Waals surface area contributed by atoms with Crippen LogP contribution in [0.5, 0.6) is 0 Å². The molecule has 0 amide bonds. The molecule has 0 bridgehead atoms. The molecule has 142 valence electrons. The van der Waals surface area contributed by atoms with Gasteiger partial charge in [-0.3, -0.25) is 4.98 Å². The molecule has 4 heterocycles. The van der Waals surface area contributed by atoms with Crippen molar-refractivity contribution in [2.45, 2.75) is 13.8 Å². The molecule has 29 heavy (non-hydrogen) atoms. The van der Waals surface area contributed by atoms with Crippen molar-refractivity contribution in [1.82, 2.24) is 24.8 Å². The lowest BCUT2D eigenvalue weighted by Crippen LogP contribution is -2.13. The molecule has 0 unspecified atom stereocenters. The monoisotopic (exact) mass is 380 g/mol. The van der Waals surface area contributed by atoms with Crippen molar-refractivity contribution in [3.63, 3.8) is 0 Å². The number of pyridine rings is 1. The molecule has 0 aliphatic carbocycles. The van der Waals surface area contributed by atoms with Crippen LogP contribution in [0.3, 0.4) is 0 Å². The van der Waals surface area contributed by atoms with Crippen LogP contribution in [0.25, 0.3) is 28.3 Å². The van der Waals surface area contributed by atoms with E-state index >= 15 is 0 Å².